The molecule has 20 heavy (non-hydrogen) atoms. The minimum atomic E-state index is -1.04. The highest BCUT2D eigenvalue weighted by Crippen LogP contribution is 2.24. The van der Waals surface area contributed by atoms with Crippen LogP contribution in [-0.2, 0) is 4.79 Å². The first-order valence-corrected chi connectivity index (χ1v) is 11.0. The van der Waals surface area contributed by atoms with Gasteiger partial charge >= 0.3 is 0 Å². The summed E-state index contributed by atoms with van der Waals surface area (Å²) in [6.07, 6.45) is 8.03. The topological polar surface area (TPSA) is 17.1 Å². The van der Waals surface area contributed by atoms with Gasteiger partial charge in [-0.25, -0.2) is 0 Å². The van der Waals surface area contributed by atoms with Crippen molar-refractivity contribution in [3.63, 3.8) is 0 Å². The molecule has 0 aliphatic heterocycles. The number of carbonyl (C=O) groups is 1. The molecule has 0 saturated carbocycles. The molecule has 0 N–H and O–H groups in total. The van der Waals surface area contributed by atoms with Crippen LogP contribution >= 0.6 is 0 Å². The van der Waals surface area contributed by atoms with E-state index >= 15 is 0 Å². The molecule has 114 valence electrons. The van der Waals surface area contributed by atoms with E-state index in [1.807, 2.05) is 0 Å². The normalized spacial score (nSPS) is 11.9. The molecular weight excluding hydrogens is 260 g/mol. The van der Waals surface area contributed by atoms with E-state index in [0.717, 1.165) is 32.0 Å². The highest BCUT2D eigenvalue weighted by molar-refractivity contribution is 6.80. The van der Waals surface area contributed by atoms with Gasteiger partial charge in [-0.2, -0.15) is 0 Å². The summed E-state index contributed by atoms with van der Waals surface area (Å²) in [4.78, 5) is 10.2. The summed E-state index contributed by atoms with van der Waals surface area (Å²) >= 11 is 0. The zero-order valence-electron chi connectivity index (χ0n) is 13.9. The van der Waals surface area contributed by atoms with E-state index in [1.54, 1.807) is 0 Å². The lowest BCUT2D eigenvalue weighted by Crippen LogP contribution is -2.30. The fourth-order valence-electron chi connectivity index (χ4n) is 2.42. The quantitative estimate of drug-likeness (QED) is 0.168. The van der Waals surface area contributed by atoms with Gasteiger partial charge in [-0.15, -0.1) is 11.8 Å². The molecule has 0 unspecified atom stereocenters. The van der Waals surface area contributed by atoms with Crippen LogP contribution in [0.3, 0.4) is 0 Å². The molecule has 0 atom stereocenters. The average Bonchev–Trinajstić information content (AvgIpc) is 2.47. The summed E-state index contributed by atoms with van der Waals surface area (Å²) in [5, 5.41) is 0. The number of hydrogen-bond acceptors (Lipinski definition) is 1. The third-order valence-electron chi connectivity index (χ3n) is 4.49. The number of allylic oxidation sites excluding steroid dienone is 2. The van der Waals surface area contributed by atoms with Gasteiger partial charge < -0.3 is 4.79 Å². The van der Waals surface area contributed by atoms with Crippen molar-refractivity contribution in [2.24, 2.45) is 0 Å². The molecule has 0 radical (unpaired) electrons. The molecule has 0 aromatic heterocycles. The highest BCUT2D eigenvalue weighted by Gasteiger charge is 2.24. The third kappa shape index (κ3) is 8.38. The van der Waals surface area contributed by atoms with Crippen LogP contribution < -0.4 is 0 Å². The summed E-state index contributed by atoms with van der Waals surface area (Å²) < 4.78 is 0. The van der Waals surface area contributed by atoms with Crippen LogP contribution in [0.1, 0.15) is 59.8 Å². The molecule has 0 rings (SSSR count). The minimum Gasteiger partial charge on any atom is -0.303 e. The van der Waals surface area contributed by atoms with E-state index in [2.05, 4.69) is 45.6 Å². The van der Waals surface area contributed by atoms with Gasteiger partial charge in [0.2, 0.25) is 0 Å². The summed E-state index contributed by atoms with van der Waals surface area (Å²) in [6.45, 7) is 9.17. The number of rotatable bonds is 10. The lowest BCUT2D eigenvalue weighted by molar-refractivity contribution is -0.107. The number of carbonyl (C=O) groups excluding carboxylic acids is 1. The van der Waals surface area contributed by atoms with Gasteiger partial charge in [-0.3, -0.25) is 0 Å². The van der Waals surface area contributed by atoms with Crippen LogP contribution in [0.25, 0.3) is 0 Å². The van der Waals surface area contributed by atoms with Crippen LogP contribution in [0.4, 0.5) is 0 Å². The number of hydrogen-bond donors (Lipinski definition) is 0. The van der Waals surface area contributed by atoms with E-state index < -0.39 is 8.07 Å². The second-order valence-corrected chi connectivity index (χ2v) is 11.2. The van der Waals surface area contributed by atoms with E-state index in [0.29, 0.717) is 6.42 Å². The van der Waals surface area contributed by atoms with Gasteiger partial charge in [0.25, 0.3) is 0 Å². The van der Waals surface area contributed by atoms with Gasteiger partial charge in [0.15, 0.2) is 0 Å². The Morgan fingerprint density at radius 2 is 1.70 bits per heavy atom. The molecule has 0 bridgehead atoms. The van der Waals surface area contributed by atoms with Crippen LogP contribution in [-0.4, -0.2) is 14.4 Å². The predicted molar refractivity (Wildman–Crippen MR) is 92.7 cm³/mol. The molecule has 0 fully saturated rings. The smallest absolute Gasteiger partial charge is 0.120 e. The highest BCUT2D eigenvalue weighted by atomic mass is 28.3. The molecule has 1 nitrogen and oxygen atoms in total. The van der Waals surface area contributed by atoms with E-state index in [-0.39, 0.29) is 0 Å². The van der Waals surface area contributed by atoms with Gasteiger partial charge in [0.1, 0.15) is 6.29 Å². The Kier molecular flexibility index (Phi) is 11.5. The van der Waals surface area contributed by atoms with Crippen LogP contribution in [0.2, 0.25) is 24.2 Å². The van der Waals surface area contributed by atoms with Gasteiger partial charge in [0.05, 0.1) is 8.07 Å². The van der Waals surface area contributed by atoms with Crippen LogP contribution in [0, 0.1) is 11.8 Å². The van der Waals surface area contributed by atoms with Crippen molar-refractivity contribution in [2.45, 2.75) is 84.0 Å². The van der Waals surface area contributed by atoms with E-state index in [9.17, 15) is 4.79 Å². The summed E-state index contributed by atoms with van der Waals surface area (Å²) in [6, 6.07) is 5.28. The standard InChI is InChI=1S/C18H32OSi/c1-5-20(6-2,7-3)17-13-9-8-10-14-18(4)15-11-12-16-19/h14,16H,5-8,10-12,15,17H2,1-4H3. The van der Waals surface area contributed by atoms with Gasteiger partial charge in [-0.05, 0) is 26.2 Å². The zero-order chi connectivity index (χ0) is 15.3. The number of unbranched alkanes of at least 4 members (excludes halogenated alkanes) is 2. The van der Waals surface area contributed by atoms with Crippen molar-refractivity contribution in [3.05, 3.63) is 11.6 Å². The molecule has 0 aromatic carbocycles. The van der Waals surface area contributed by atoms with E-state index in [1.165, 1.54) is 29.7 Å². The lowest BCUT2D eigenvalue weighted by atomic mass is 10.1. The van der Waals surface area contributed by atoms with E-state index in [4.69, 9.17) is 0 Å². The molecule has 0 spiro atoms. The van der Waals surface area contributed by atoms with Gasteiger partial charge in [-0.1, -0.05) is 50.6 Å². The van der Waals surface area contributed by atoms with Gasteiger partial charge in [0, 0.05) is 18.9 Å². The maximum absolute atomic E-state index is 10.2. The lowest BCUT2D eigenvalue weighted by Gasteiger charge is -2.25. The molecule has 2 heteroatoms. The van der Waals surface area contributed by atoms with Crippen LogP contribution in [0.15, 0.2) is 11.6 Å². The summed E-state index contributed by atoms with van der Waals surface area (Å²) in [5.41, 5.74) is 1.40. The van der Waals surface area contributed by atoms with Crippen molar-refractivity contribution < 1.29 is 4.79 Å². The second-order valence-electron chi connectivity index (χ2n) is 5.74. The van der Waals surface area contributed by atoms with Crippen molar-refractivity contribution in [3.8, 4) is 11.8 Å². The molecule has 0 heterocycles. The Morgan fingerprint density at radius 1 is 1.05 bits per heavy atom. The maximum Gasteiger partial charge on any atom is 0.120 e. The Labute approximate surface area is 127 Å². The molecule has 0 aromatic rings. The minimum absolute atomic E-state index is 0.683. The average molecular weight is 293 g/mol. The first-order chi connectivity index (χ1) is 9.64. The first kappa shape index (κ1) is 19.2. The Balaban J connectivity index is 3.98. The zero-order valence-corrected chi connectivity index (χ0v) is 14.9. The number of aldehydes is 1. The van der Waals surface area contributed by atoms with Crippen LogP contribution in [0.5, 0.6) is 0 Å². The molecule has 0 aliphatic carbocycles. The Hall–Kier alpha value is -0.813. The molecule has 0 saturated heterocycles. The molecule has 0 amide bonds. The fraction of sp³-hybridized carbons (Fsp3) is 0.722. The summed E-state index contributed by atoms with van der Waals surface area (Å²) in [7, 11) is -1.04. The first-order valence-electron chi connectivity index (χ1n) is 8.19. The second kappa shape index (κ2) is 12.0. The Morgan fingerprint density at radius 3 is 2.25 bits per heavy atom. The Bertz CT molecular complexity index is 334. The largest absolute Gasteiger partial charge is 0.303 e. The molecular formula is C18H32OSi. The van der Waals surface area contributed by atoms with Crippen molar-refractivity contribution in [2.75, 3.05) is 0 Å². The van der Waals surface area contributed by atoms with Crippen molar-refractivity contribution in [1.29, 1.82) is 0 Å². The van der Waals surface area contributed by atoms with Crippen molar-refractivity contribution in [1.82, 2.24) is 0 Å². The summed E-state index contributed by atoms with van der Waals surface area (Å²) in [5.74, 6) is 6.79. The predicted octanol–water partition coefficient (Wildman–Crippen LogP) is 5.59. The van der Waals surface area contributed by atoms with Crippen molar-refractivity contribution >= 4 is 14.4 Å². The SMILES string of the molecule is CC[Si](CC)(CC)CC#CCCC=C(C)CCCC=O. The fourth-order valence-corrected chi connectivity index (χ4v) is 5.17. The third-order valence-corrected chi connectivity index (χ3v) is 9.92. The maximum atomic E-state index is 10.2. The molecule has 0 aliphatic rings. The monoisotopic (exact) mass is 292 g/mol.